The Kier molecular flexibility index (Phi) is 3.56. The molecule has 2 N–H and O–H groups in total. The third-order valence-electron chi connectivity index (χ3n) is 3.30. The summed E-state index contributed by atoms with van der Waals surface area (Å²) in [6, 6.07) is 13.5. The van der Waals surface area contributed by atoms with Gasteiger partial charge in [-0.05, 0) is 24.1 Å². The van der Waals surface area contributed by atoms with E-state index >= 15 is 0 Å². The van der Waals surface area contributed by atoms with Crippen LogP contribution in [0.2, 0.25) is 5.02 Å². The molecule has 4 nitrogen and oxygen atoms in total. The summed E-state index contributed by atoms with van der Waals surface area (Å²) < 4.78 is 0. The Bertz CT molecular complexity index is 600. The predicted molar refractivity (Wildman–Crippen MR) is 79.0 cm³/mol. The highest BCUT2D eigenvalue weighted by Crippen LogP contribution is 2.40. The fraction of sp³-hybridized carbons (Fsp3) is 0.200. The molecule has 1 aliphatic carbocycles. The molecule has 2 atom stereocenters. The molecule has 1 heterocycles. The molecule has 0 aliphatic heterocycles. The fourth-order valence-electron chi connectivity index (χ4n) is 2.19. The zero-order chi connectivity index (χ0) is 13.9. The van der Waals surface area contributed by atoms with Crippen molar-refractivity contribution >= 4 is 23.4 Å². The fourth-order valence-corrected chi connectivity index (χ4v) is 2.31. The second kappa shape index (κ2) is 5.51. The standard InChI is InChI=1S/C15H14ClN3O/c16-11-6-7-14(17-9-11)19-15(20)18-13-8-12(13)10-4-2-1-3-5-10/h1-7,9,12-13H,8H2,(H2,17,18,19,20)/t12-,13-/m1/s1. The summed E-state index contributed by atoms with van der Waals surface area (Å²) in [6.07, 6.45) is 2.48. The van der Waals surface area contributed by atoms with Crippen LogP contribution < -0.4 is 10.6 Å². The number of rotatable bonds is 3. The van der Waals surface area contributed by atoms with Crippen LogP contribution in [0.5, 0.6) is 0 Å². The van der Waals surface area contributed by atoms with Gasteiger partial charge in [-0.2, -0.15) is 0 Å². The Hall–Kier alpha value is -2.07. The van der Waals surface area contributed by atoms with Crippen LogP contribution in [0.15, 0.2) is 48.7 Å². The lowest BCUT2D eigenvalue weighted by molar-refractivity contribution is 0.251. The molecular weight excluding hydrogens is 274 g/mol. The maximum absolute atomic E-state index is 11.8. The summed E-state index contributed by atoms with van der Waals surface area (Å²) in [5, 5.41) is 6.18. The number of carbonyl (C=O) groups excluding carboxylic acids is 1. The van der Waals surface area contributed by atoms with Crippen molar-refractivity contribution in [3.05, 3.63) is 59.2 Å². The second-order valence-electron chi connectivity index (χ2n) is 4.82. The smallest absolute Gasteiger partial charge is 0.320 e. The topological polar surface area (TPSA) is 54.0 Å². The van der Waals surface area contributed by atoms with Crippen LogP contribution in [0.1, 0.15) is 17.9 Å². The minimum Gasteiger partial charge on any atom is -0.334 e. The van der Waals surface area contributed by atoms with Gasteiger partial charge in [0.1, 0.15) is 5.82 Å². The number of urea groups is 1. The van der Waals surface area contributed by atoms with Gasteiger partial charge in [-0.25, -0.2) is 9.78 Å². The van der Waals surface area contributed by atoms with Gasteiger partial charge in [0.05, 0.1) is 5.02 Å². The van der Waals surface area contributed by atoms with Gasteiger partial charge in [-0.15, -0.1) is 0 Å². The van der Waals surface area contributed by atoms with Gasteiger partial charge in [-0.1, -0.05) is 41.9 Å². The molecule has 1 aliphatic rings. The molecule has 0 saturated heterocycles. The lowest BCUT2D eigenvalue weighted by Gasteiger charge is -2.06. The van der Waals surface area contributed by atoms with Gasteiger partial charge < -0.3 is 5.32 Å². The van der Waals surface area contributed by atoms with E-state index in [1.165, 1.54) is 11.8 Å². The van der Waals surface area contributed by atoms with Gasteiger partial charge >= 0.3 is 6.03 Å². The van der Waals surface area contributed by atoms with Crippen molar-refractivity contribution in [2.24, 2.45) is 0 Å². The molecule has 3 rings (SSSR count). The van der Waals surface area contributed by atoms with Crippen molar-refractivity contribution in [1.29, 1.82) is 0 Å². The molecule has 0 unspecified atom stereocenters. The van der Waals surface area contributed by atoms with Gasteiger partial charge in [0, 0.05) is 18.2 Å². The number of nitrogens with zero attached hydrogens (tertiary/aromatic N) is 1. The van der Waals surface area contributed by atoms with E-state index in [1.54, 1.807) is 12.1 Å². The van der Waals surface area contributed by atoms with E-state index < -0.39 is 0 Å². The Labute approximate surface area is 122 Å². The maximum atomic E-state index is 11.8. The SMILES string of the molecule is O=C(Nc1ccc(Cl)cn1)N[C@@H]1C[C@@H]1c1ccccc1. The van der Waals surface area contributed by atoms with Crippen LogP contribution in [0.3, 0.4) is 0 Å². The number of anilines is 1. The van der Waals surface area contributed by atoms with Crippen molar-refractivity contribution in [2.75, 3.05) is 5.32 Å². The molecule has 1 saturated carbocycles. The molecule has 1 fully saturated rings. The minimum absolute atomic E-state index is 0.199. The van der Waals surface area contributed by atoms with E-state index in [9.17, 15) is 4.79 Å². The average Bonchev–Trinajstić information content (AvgIpc) is 3.21. The number of hydrogen-bond acceptors (Lipinski definition) is 2. The number of aromatic nitrogens is 1. The highest BCUT2D eigenvalue weighted by molar-refractivity contribution is 6.30. The van der Waals surface area contributed by atoms with Crippen molar-refractivity contribution < 1.29 is 4.79 Å². The summed E-state index contributed by atoms with van der Waals surface area (Å²) in [7, 11) is 0. The first-order valence-electron chi connectivity index (χ1n) is 6.46. The molecular formula is C15H14ClN3O. The van der Waals surface area contributed by atoms with Crippen molar-refractivity contribution in [3.63, 3.8) is 0 Å². The quantitative estimate of drug-likeness (QED) is 0.909. The molecule has 2 amide bonds. The van der Waals surface area contributed by atoms with Crippen molar-refractivity contribution in [2.45, 2.75) is 18.4 Å². The Balaban J connectivity index is 1.52. The molecule has 0 radical (unpaired) electrons. The summed E-state index contributed by atoms with van der Waals surface area (Å²) in [5.74, 6) is 0.906. The molecule has 0 spiro atoms. The van der Waals surface area contributed by atoms with Gasteiger partial charge in [0.15, 0.2) is 0 Å². The molecule has 1 aromatic carbocycles. The number of benzene rings is 1. The van der Waals surface area contributed by atoms with E-state index in [2.05, 4.69) is 27.8 Å². The number of hydrogen-bond donors (Lipinski definition) is 2. The van der Waals surface area contributed by atoms with E-state index in [1.807, 2.05) is 18.2 Å². The minimum atomic E-state index is -0.233. The lowest BCUT2D eigenvalue weighted by atomic mass is 10.1. The normalized spacial score (nSPS) is 20.2. The van der Waals surface area contributed by atoms with Crippen LogP contribution in [0.25, 0.3) is 0 Å². The monoisotopic (exact) mass is 287 g/mol. The number of halogens is 1. The van der Waals surface area contributed by atoms with E-state index in [0.29, 0.717) is 16.8 Å². The number of nitrogens with one attached hydrogen (secondary N) is 2. The zero-order valence-corrected chi connectivity index (χ0v) is 11.5. The summed E-state index contributed by atoms with van der Waals surface area (Å²) in [6.45, 7) is 0. The first-order valence-corrected chi connectivity index (χ1v) is 6.84. The van der Waals surface area contributed by atoms with Crippen molar-refractivity contribution in [3.8, 4) is 0 Å². The predicted octanol–water partition coefficient (Wildman–Crippen LogP) is 3.41. The molecule has 2 aromatic rings. The van der Waals surface area contributed by atoms with Gasteiger partial charge in [0.2, 0.25) is 0 Å². The van der Waals surface area contributed by atoms with E-state index in [0.717, 1.165) is 6.42 Å². The van der Waals surface area contributed by atoms with Crippen LogP contribution in [0, 0.1) is 0 Å². The number of carbonyl (C=O) groups is 1. The highest BCUT2D eigenvalue weighted by atomic mass is 35.5. The maximum Gasteiger partial charge on any atom is 0.320 e. The molecule has 102 valence electrons. The summed E-state index contributed by atoms with van der Waals surface area (Å²) >= 11 is 5.74. The third kappa shape index (κ3) is 3.08. The Morgan fingerprint density at radius 2 is 2.00 bits per heavy atom. The highest BCUT2D eigenvalue weighted by Gasteiger charge is 2.39. The van der Waals surface area contributed by atoms with E-state index in [4.69, 9.17) is 11.6 Å². The number of amides is 2. The first kappa shape index (κ1) is 12.9. The van der Waals surface area contributed by atoms with Crippen LogP contribution in [-0.4, -0.2) is 17.1 Å². The van der Waals surface area contributed by atoms with Crippen LogP contribution in [0.4, 0.5) is 10.6 Å². The molecule has 1 aromatic heterocycles. The Morgan fingerprint density at radius 3 is 2.70 bits per heavy atom. The second-order valence-corrected chi connectivity index (χ2v) is 5.26. The molecule has 5 heteroatoms. The van der Waals surface area contributed by atoms with Gasteiger partial charge in [-0.3, -0.25) is 5.32 Å². The summed E-state index contributed by atoms with van der Waals surface area (Å²) in [5.41, 5.74) is 1.27. The van der Waals surface area contributed by atoms with E-state index in [-0.39, 0.29) is 12.1 Å². The molecule has 0 bridgehead atoms. The Morgan fingerprint density at radius 1 is 1.20 bits per heavy atom. The van der Waals surface area contributed by atoms with Crippen LogP contribution in [-0.2, 0) is 0 Å². The summed E-state index contributed by atoms with van der Waals surface area (Å²) in [4.78, 5) is 15.8. The largest absolute Gasteiger partial charge is 0.334 e. The number of pyridine rings is 1. The van der Waals surface area contributed by atoms with Crippen LogP contribution >= 0.6 is 11.6 Å². The third-order valence-corrected chi connectivity index (χ3v) is 3.53. The first-order chi connectivity index (χ1) is 9.72. The zero-order valence-electron chi connectivity index (χ0n) is 10.7. The van der Waals surface area contributed by atoms with Gasteiger partial charge in [0.25, 0.3) is 0 Å². The lowest BCUT2D eigenvalue weighted by Crippen LogP contribution is -2.31. The average molecular weight is 288 g/mol. The van der Waals surface area contributed by atoms with Crippen molar-refractivity contribution in [1.82, 2.24) is 10.3 Å². The molecule has 20 heavy (non-hydrogen) atoms.